The molecule has 0 spiro atoms. The Morgan fingerprint density at radius 3 is 1.57 bits per heavy atom. The van der Waals surface area contributed by atoms with E-state index in [0.29, 0.717) is 13.0 Å². The summed E-state index contributed by atoms with van der Waals surface area (Å²) in [4.78, 5) is 12.1. The minimum absolute atomic E-state index is 0.114. The summed E-state index contributed by atoms with van der Waals surface area (Å²) in [6.07, 6.45) is 2.38. The van der Waals surface area contributed by atoms with Gasteiger partial charge in [0.05, 0.1) is 6.61 Å². The van der Waals surface area contributed by atoms with E-state index in [1.807, 2.05) is 54.6 Å². The van der Waals surface area contributed by atoms with Crippen molar-refractivity contribution in [1.29, 1.82) is 0 Å². The summed E-state index contributed by atoms with van der Waals surface area (Å²) < 4.78 is 6.70. The molecular formula is C26H26O2. The Kier molecular flexibility index (Phi) is 6.57. The van der Waals surface area contributed by atoms with Crippen LogP contribution in [0.3, 0.4) is 0 Å². The third-order valence-electron chi connectivity index (χ3n) is 5.07. The summed E-state index contributed by atoms with van der Waals surface area (Å²) in [5.74, 6) is -0.101. The van der Waals surface area contributed by atoms with E-state index in [2.05, 4.69) is 43.0 Å². The lowest BCUT2D eigenvalue weighted by atomic mass is 9.80. The Morgan fingerprint density at radius 1 is 0.857 bits per heavy atom. The number of allylic oxidation sites excluding steroid dienone is 1. The van der Waals surface area contributed by atoms with Crippen molar-refractivity contribution < 1.29 is 9.53 Å². The van der Waals surface area contributed by atoms with Gasteiger partial charge in [0.2, 0.25) is 0 Å². The van der Waals surface area contributed by atoms with Gasteiger partial charge >= 0.3 is 0 Å². The second-order valence-electron chi connectivity index (χ2n) is 6.92. The largest absolute Gasteiger partial charge is 0.360 e. The number of carbonyl (C=O) groups is 1. The van der Waals surface area contributed by atoms with Gasteiger partial charge in [0, 0.05) is 5.92 Å². The lowest BCUT2D eigenvalue weighted by molar-refractivity contribution is -0.124. The minimum Gasteiger partial charge on any atom is -0.360 e. The van der Waals surface area contributed by atoms with Crippen molar-refractivity contribution in [3.8, 4) is 0 Å². The highest BCUT2D eigenvalue weighted by Crippen LogP contribution is 2.40. The summed E-state index contributed by atoms with van der Waals surface area (Å²) in [5.41, 5.74) is 2.31. The molecule has 0 amide bonds. The third-order valence-corrected chi connectivity index (χ3v) is 5.07. The fraction of sp³-hybridized carbons (Fsp3) is 0.192. The van der Waals surface area contributed by atoms with E-state index in [1.165, 1.54) is 0 Å². The van der Waals surface area contributed by atoms with Gasteiger partial charge in [-0.25, -0.2) is 0 Å². The summed E-state index contributed by atoms with van der Waals surface area (Å²) in [5, 5.41) is 0. The fourth-order valence-corrected chi connectivity index (χ4v) is 3.55. The van der Waals surface area contributed by atoms with Gasteiger partial charge in [-0.05, 0) is 30.0 Å². The number of hydrogen-bond donors (Lipinski definition) is 0. The zero-order valence-electron chi connectivity index (χ0n) is 16.3. The monoisotopic (exact) mass is 370 g/mol. The van der Waals surface area contributed by atoms with Crippen molar-refractivity contribution in [2.75, 3.05) is 6.61 Å². The maximum atomic E-state index is 12.1. The molecule has 0 radical (unpaired) electrons. The van der Waals surface area contributed by atoms with Crippen LogP contribution in [0.2, 0.25) is 0 Å². The van der Waals surface area contributed by atoms with E-state index in [0.717, 1.165) is 16.7 Å². The first-order chi connectivity index (χ1) is 13.7. The summed E-state index contributed by atoms with van der Waals surface area (Å²) in [7, 11) is 0. The normalized spacial score (nSPS) is 12.3. The first-order valence-electron chi connectivity index (χ1n) is 9.60. The zero-order valence-corrected chi connectivity index (χ0v) is 16.3. The van der Waals surface area contributed by atoms with Gasteiger partial charge < -0.3 is 4.74 Å². The molecule has 0 bridgehead atoms. The standard InChI is InChI=1S/C26H26O2/c1-3-13-22(21(2)27)20-28-26(23-14-7-4-8-15-23,24-16-9-5-10-17-24)25-18-11-6-12-19-25/h3-12,14-19,22H,1,13,20H2,2H3/t22-/m1/s1. The highest BCUT2D eigenvalue weighted by atomic mass is 16.5. The van der Waals surface area contributed by atoms with Gasteiger partial charge in [0.25, 0.3) is 0 Å². The fourth-order valence-electron chi connectivity index (χ4n) is 3.55. The van der Waals surface area contributed by atoms with E-state index in [4.69, 9.17) is 4.74 Å². The molecule has 2 nitrogen and oxygen atoms in total. The number of carbonyl (C=O) groups excluding carboxylic acids is 1. The Bertz CT molecular complexity index is 789. The third kappa shape index (κ3) is 4.13. The number of benzene rings is 3. The number of ketones is 1. The maximum absolute atomic E-state index is 12.1. The van der Waals surface area contributed by atoms with Gasteiger partial charge in [-0.3, -0.25) is 4.79 Å². The van der Waals surface area contributed by atoms with Gasteiger partial charge in [0.15, 0.2) is 0 Å². The van der Waals surface area contributed by atoms with Crippen LogP contribution in [0.1, 0.15) is 30.0 Å². The molecule has 0 aliphatic carbocycles. The molecule has 3 aromatic rings. The Labute approximate surface area is 167 Å². The van der Waals surface area contributed by atoms with E-state index in [1.54, 1.807) is 13.0 Å². The quantitative estimate of drug-likeness (QED) is 0.353. The van der Waals surface area contributed by atoms with Crippen molar-refractivity contribution in [2.45, 2.75) is 18.9 Å². The SMILES string of the molecule is C=CC[C@H](COC(c1ccccc1)(c1ccccc1)c1ccccc1)C(C)=O. The van der Waals surface area contributed by atoms with Crippen molar-refractivity contribution in [2.24, 2.45) is 5.92 Å². The van der Waals surface area contributed by atoms with Crippen LogP contribution in [0, 0.1) is 5.92 Å². The smallest absolute Gasteiger partial charge is 0.143 e. The van der Waals surface area contributed by atoms with E-state index in [-0.39, 0.29) is 11.7 Å². The van der Waals surface area contributed by atoms with E-state index < -0.39 is 5.60 Å². The molecular weight excluding hydrogens is 344 g/mol. The summed E-state index contributed by atoms with van der Waals surface area (Å²) in [6, 6.07) is 30.6. The maximum Gasteiger partial charge on any atom is 0.143 e. The molecule has 0 heterocycles. The second kappa shape index (κ2) is 9.29. The average molecular weight is 370 g/mol. The Balaban J connectivity index is 2.16. The topological polar surface area (TPSA) is 26.3 Å². The molecule has 0 unspecified atom stereocenters. The molecule has 2 heteroatoms. The lowest BCUT2D eigenvalue weighted by Gasteiger charge is -2.37. The predicted molar refractivity (Wildman–Crippen MR) is 114 cm³/mol. The molecule has 28 heavy (non-hydrogen) atoms. The second-order valence-corrected chi connectivity index (χ2v) is 6.92. The summed E-state index contributed by atoms with van der Waals surface area (Å²) >= 11 is 0. The molecule has 0 aromatic heterocycles. The number of Topliss-reactive ketones (excluding diaryl/α,β-unsaturated/α-hetero) is 1. The molecule has 1 atom stereocenters. The van der Waals surface area contributed by atoms with E-state index in [9.17, 15) is 4.79 Å². The van der Waals surface area contributed by atoms with Gasteiger partial charge in [-0.15, -0.1) is 6.58 Å². The number of ether oxygens (including phenoxy) is 1. The lowest BCUT2D eigenvalue weighted by Crippen LogP contribution is -2.35. The molecule has 0 N–H and O–H groups in total. The average Bonchev–Trinajstić information content (AvgIpc) is 2.75. The molecule has 0 saturated carbocycles. The molecule has 142 valence electrons. The van der Waals surface area contributed by atoms with Crippen molar-refractivity contribution in [1.82, 2.24) is 0 Å². The molecule has 0 aliphatic rings. The zero-order chi connectivity index (χ0) is 19.8. The highest BCUT2D eigenvalue weighted by molar-refractivity contribution is 5.78. The molecule has 3 aromatic carbocycles. The first-order valence-corrected chi connectivity index (χ1v) is 9.60. The van der Waals surface area contributed by atoms with E-state index >= 15 is 0 Å². The van der Waals surface area contributed by atoms with Crippen molar-refractivity contribution in [3.63, 3.8) is 0 Å². The van der Waals surface area contributed by atoms with Gasteiger partial charge in [-0.2, -0.15) is 0 Å². The van der Waals surface area contributed by atoms with Crippen molar-refractivity contribution in [3.05, 3.63) is 120 Å². The minimum atomic E-state index is -0.793. The molecule has 0 fully saturated rings. The van der Waals surface area contributed by atoms with Crippen LogP contribution in [0.25, 0.3) is 0 Å². The van der Waals surface area contributed by atoms with Crippen LogP contribution >= 0.6 is 0 Å². The van der Waals surface area contributed by atoms with Crippen LogP contribution in [0.4, 0.5) is 0 Å². The molecule has 3 rings (SSSR count). The van der Waals surface area contributed by atoms with Gasteiger partial charge in [-0.1, -0.05) is 97.1 Å². The number of hydrogen-bond acceptors (Lipinski definition) is 2. The first kappa shape index (κ1) is 19.8. The van der Waals surface area contributed by atoms with Gasteiger partial charge in [0.1, 0.15) is 11.4 Å². The predicted octanol–water partition coefficient (Wildman–Crippen LogP) is 5.78. The summed E-state index contributed by atoms with van der Waals surface area (Å²) in [6.45, 7) is 5.73. The van der Waals surface area contributed by atoms with Crippen LogP contribution in [-0.4, -0.2) is 12.4 Å². The Morgan fingerprint density at radius 2 is 1.25 bits per heavy atom. The van der Waals surface area contributed by atoms with Crippen LogP contribution in [-0.2, 0) is 15.1 Å². The Hall–Kier alpha value is -2.97. The highest BCUT2D eigenvalue weighted by Gasteiger charge is 2.38. The number of rotatable bonds is 9. The van der Waals surface area contributed by atoms with Crippen LogP contribution in [0.15, 0.2) is 104 Å². The van der Waals surface area contributed by atoms with Crippen LogP contribution in [0.5, 0.6) is 0 Å². The molecule has 0 saturated heterocycles. The van der Waals surface area contributed by atoms with Crippen LogP contribution < -0.4 is 0 Å². The molecule has 0 aliphatic heterocycles. The van der Waals surface area contributed by atoms with Crippen molar-refractivity contribution >= 4 is 5.78 Å².